The number of halogens is 4. The van der Waals surface area contributed by atoms with E-state index in [-0.39, 0.29) is 12.4 Å². The lowest BCUT2D eigenvalue weighted by molar-refractivity contribution is -0.274. The van der Waals surface area contributed by atoms with Gasteiger partial charge in [-0.05, 0) is 26.8 Å². The average Bonchev–Trinajstić information content (AvgIpc) is 2.54. The Kier molecular flexibility index (Phi) is 8.56. The maximum Gasteiger partial charge on any atom is 0.573 e. The van der Waals surface area contributed by atoms with Crippen molar-refractivity contribution in [1.29, 1.82) is 0 Å². The van der Waals surface area contributed by atoms with Crippen molar-refractivity contribution >= 4 is 6.09 Å². The number of hydrogen-bond donors (Lipinski definition) is 1. The largest absolute Gasteiger partial charge is 0.573 e. The molecular formula is C19H21F4NO4. The van der Waals surface area contributed by atoms with Gasteiger partial charge in [-0.25, -0.2) is 9.18 Å². The third-order valence-electron chi connectivity index (χ3n) is 2.98. The molecular weight excluding hydrogens is 382 g/mol. The molecule has 0 spiro atoms. The van der Waals surface area contributed by atoms with Crippen molar-refractivity contribution in [3.8, 4) is 11.5 Å². The molecule has 0 fully saturated rings. The van der Waals surface area contributed by atoms with Crippen LogP contribution in [0.1, 0.15) is 20.8 Å². The molecule has 0 saturated heterocycles. The van der Waals surface area contributed by atoms with Gasteiger partial charge in [0.05, 0.1) is 0 Å². The fourth-order valence-electron chi connectivity index (χ4n) is 1.83. The summed E-state index contributed by atoms with van der Waals surface area (Å²) >= 11 is 0. The summed E-state index contributed by atoms with van der Waals surface area (Å²) in [5.41, 5.74) is 1.28. The van der Waals surface area contributed by atoms with Gasteiger partial charge in [0, 0.05) is 23.9 Å². The van der Waals surface area contributed by atoms with Crippen LogP contribution in [0.3, 0.4) is 0 Å². The number of allylic oxidation sites excluding steroid dienone is 4. The lowest BCUT2D eigenvalue weighted by Crippen LogP contribution is -2.29. The molecule has 0 aliphatic rings. The van der Waals surface area contributed by atoms with Crippen LogP contribution in [0.5, 0.6) is 11.5 Å². The van der Waals surface area contributed by atoms with Crippen LogP contribution in [0.15, 0.2) is 54.3 Å². The molecule has 0 radical (unpaired) electrons. The Bertz CT molecular complexity index is 757. The van der Waals surface area contributed by atoms with Crippen molar-refractivity contribution < 1.29 is 36.6 Å². The van der Waals surface area contributed by atoms with Gasteiger partial charge in [-0.15, -0.1) is 13.2 Å². The Balaban J connectivity index is 2.59. The minimum Gasteiger partial charge on any atom is -0.489 e. The van der Waals surface area contributed by atoms with E-state index in [1.165, 1.54) is 6.92 Å². The maximum absolute atomic E-state index is 13.4. The Morgan fingerprint density at radius 2 is 1.89 bits per heavy atom. The van der Waals surface area contributed by atoms with E-state index in [4.69, 9.17) is 9.47 Å². The predicted molar refractivity (Wildman–Crippen MR) is 95.4 cm³/mol. The fraction of sp³-hybridized carbons (Fsp3) is 0.316. The van der Waals surface area contributed by atoms with Gasteiger partial charge in [-0.1, -0.05) is 24.3 Å². The van der Waals surface area contributed by atoms with Gasteiger partial charge in [0.1, 0.15) is 30.0 Å². The van der Waals surface area contributed by atoms with Crippen LogP contribution < -0.4 is 14.8 Å². The van der Waals surface area contributed by atoms with Crippen LogP contribution in [0.25, 0.3) is 0 Å². The number of rotatable bonds is 8. The first-order valence-electron chi connectivity index (χ1n) is 8.15. The predicted octanol–water partition coefficient (Wildman–Crippen LogP) is 5.25. The van der Waals surface area contributed by atoms with Gasteiger partial charge < -0.3 is 14.2 Å². The zero-order valence-electron chi connectivity index (χ0n) is 15.6. The lowest BCUT2D eigenvalue weighted by Gasteiger charge is -2.16. The van der Waals surface area contributed by atoms with E-state index in [0.29, 0.717) is 11.8 Å². The van der Waals surface area contributed by atoms with E-state index < -0.39 is 30.1 Å². The summed E-state index contributed by atoms with van der Waals surface area (Å²) in [6.45, 7) is 8.50. The van der Waals surface area contributed by atoms with Crippen molar-refractivity contribution in [3.05, 3.63) is 60.1 Å². The third kappa shape index (κ3) is 9.65. The normalized spacial score (nSPS) is 13.2. The number of ether oxygens (including phenoxy) is 3. The van der Waals surface area contributed by atoms with Gasteiger partial charge in [0.2, 0.25) is 0 Å². The van der Waals surface area contributed by atoms with Crippen LogP contribution in [-0.4, -0.2) is 25.2 Å². The standard InChI is InChI=1S/C19H21F4NO4/c1-5-15(7-6-12(2)3)24-18(25)27-13(4)11-26-16-8-14(20)9-17(10-16)28-19(21,22)23/h5-10,13H,2,11H2,1,3-4H3,(H,24,25)/b7-6-,15-5+. The number of hydrogen-bond acceptors (Lipinski definition) is 4. The first kappa shape index (κ1) is 23.1. The van der Waals surface area contributed by atoms with Gasteiger partial charge in [0.15, 0.2) is 0 Å². The third-order valence-corrected chi connectivity index (χ3v) is 2.98. The molecule has 1 aromatic carbocycles. The van der Waals surface area contributed by atoms with Crippen molar-refractivity contribution in [2.75, 3.05) is 6.61 Å². The SMILES string of the molecule is C=C(C)/C=C\C(=C/C)NC(=O)OC(C)COc1cc(F)cc(OC(F)(F)F)c1. The topological polar surface area (TPSA) is 56.8 Å². The molecule has 0 heterocycles. The summed E-state index contributed by atoms with van der Waals surface area (Å²) in [6, 6.07) is 2.34. The van der Waals surface area contributed by atoms with E-state index in [0.717, 1.165) is 17.7 Å². The molecule has 1 unspecified atom stereocenters. The summed E-state index contributed by atoms with van der Waals surface area (Å²) in [7, 11) is 0. The van der Waals surface area contributed by atoms with Crippen molar-refractivity contribution in [2.45, 2.75) is 33.2 Å². The Morgan fingerprint density at radius 3 is 2.46 bits per heavy atom. The number of benzene rings is 1. The minimum absolute atomic E-state index is 0.200. The van der Waals surface area contributed by atoms with Crippen molar-refractivity contribution in [1.82, 2.24) is 5.32 Å². The summed E-state index contributed by atoms with van der Waals surface area (Å²) in [4.78, 5) is 11.9. The van der Waals surface area contributed by atoms with Crippen LogP contribution in [0, 0.1) is 5.82 Å². The van der Waals surface area contributed by atoms with E-state index in [1.54, 1.807) is 32.1 Å². The molecule has 1 atom stereocenters. The average molecular weight is 403 g/mol. The number of alkyl halides is 3. The van der Waals surface area contributed by atoms with Gasteiger partial charge in [-0.2, -0.15) is 0 Å². The molecule has 28 heavy (non-hydrogen) atoms. The Hall–Kier alpha value is -2.97. The van der Waals surface area contributed by atoms with E-state index >= 15 is 0 Å². The molecule has 0 aliphatic carbocycles. The Morgan fingerprint density at radius 1 is 1.25 bits per heavy atom. The molecule has 1 aromatic rings. The number of amides is 1. The van der Waals surface area contributed by atoms with Crippen LogP contribution in [-0.2, 0) is 4.74 Å². The molecule has 1 N–H and O–H groups in total. The summed E-state index contributed by atoms with van der Waals surface area (Å²) in [6.07, 6.45) is -1.49. The van der Waals surface area contributed by atoms with Crippen molar-refractivity contribution in [2.24, 2.45) is 0 Å². The van der Waals surface area contributed by atoms with E-state index in [2.05, 4.69) is 16.6 Å². The zero-order valence-corrected chi connectivity index (χ0v) is 15.6. The highest BCUT2D eigenvalue weighted by Crippen LogP contribution is 2.27. The molecule has 0 saturated carbocycles. The fourth-order valence-corrected chi connectivity index (χ4v) is 1.83. The molecule has 9 heteroatoms. The highest BCUT2D eigenvalue weighted by atomic mass is 19.4. The second kappa shape index (κ2) is 10.4. The minimum atomic E-state index is -4.96. The molecule has 1 rings (SSSR count). The van der Waals surface area contributed by atoms with Crippen LogP contribution in [0.4, 0.5) is 22.4 Å². The first-order chi connectivity index (χ1) is 13.0. The zero-order chi connectivity index (χ0) is 21.3. The Labute approximate surface area is 160 Å². The highest BCUT2D eigenvalue weighted by molar-refractivity contribution is 5.70. The van der Waals surface area contributed by atoms with Crippen LogP contribution >= 0.6 is 0 Å². The monoisotopic (exact) mass is 403 g/mol. The summed E-state index contributed by atoms with van der Waals surface area (Å²) in [5, 5.41) is 2.51. The number of nitrogens with one attached hydrogen (secondary N) is 1. The smallest absolute Gasteiger partial charge is 0.489 e. The first-order valence-corrected chi connectivity index (χ1v) is 8.15. The molecule has 0 aromatic heterocycles. The van der Waals surface area contributed by atoms with Gasteiger partial charge in [0.25, 0.3) is 0 Å². The van der Waals surface area contributed by atoms with Crippen molar-refractivity contribution in [3.63, 3.8) is 0 Å². The van der Waals surface area contributed by atoms with E-state index in [1.807, 2.05) is 0 Å². The number of carbonyl (C=O) groups is 1. The molecule has 5 nitrogen and oxygen atoms in total. The highest BCUT2D eigenvalue weighted by Gasteiger charge is 2.31. The second-order valence-electron chi connectivity index (χ2n) is 5.75. The van der Waals surface area contributed by atoms with Crippen LogP contribution in [0.2, 0.25) is 0 Å². The maximum atomic E-state index is 13.4. The second-order valence-corrected chi connectivity index (χ2v) is 5.75. The quantitative estimate of drug-likeness (QED) is 0.476. The van der Waals surface area contributed by atoms with Gasteiger partial charge >= 0.3 is 12.5 Å². The molecule has 0 bridgehead atoms. The summed E-state index contributed by atoms with van der Waals surface area (Å²) < 4.78 is 64.0. The van der Waals surface area contributed by atoms with E-state index in [9.17, 15) is 22.4 Å². The number of carbonyl (C=O) groups excluding carboxylic acids is 1. The molecule has 0 aliphatic heterocycles. The van der Waals surface area contributed by atoms with Gasteiger partial charge in [-0.3, -0.25) is 5.32 Å². The summed E-state index contributed by atoms with van der Waals surface area (Å²) in [5.74, 6) is -1.92. The number of alkyl carbamates (subject to hydrolysis) is 1. The molecule has 1 amide bonds. The molecule has 154 valence electrons. The lowest BCUT2D eigenvalue weighted by atomic mass is 10.3.